The van der Waals surface area contributed by atoms with E-state index in [0.29, 0.717) is 11.4 Å². The maximum Gasteiger partial charge on any atom is 0.247 e. The third-order valence-electron chi connectivity index (χ3n) is 2.54. The minimum Gasteiger partial charge on any atom is -0.322 e. The molecule has 0 aromatic carbocycles. The Kier molecular flexibility index (Phi) is 5.23. The predicted octanol–water partition coefficient (Wildman–Crippen LogP) is 1.51. The van der Waals surface area contributed by atoms with Gasteiger partial charge in [-0.05, 0) is 43.4 Å². The molecular formula is C13H19N3O. The Balaban J connectivity index is 2.68. The van der Waals surface area contributed by atoms with Crippen molar-refractivity contribution < 1.29 is 4.79 Å². The zero-order valence-electron chi connectivity index (χ0n) is 9.91. The van der Waals surface area contributed by atoms with E-state index >= 15 is 0 Å². The van der Waals surface area contributed by atoms with Gasteiger partial charge in [-0.1, -0.05) is 19.2 Å². The van der Waals surface area contributed by atoms with Gasteiger partial charge in [0.2, 0.25) is 5.91 Å². The second-order valence-electron chi connectivity index (χ2n) is 3.95. The molecule has 0 atom stereocenters. The smallest absolute Gasteiger partial charge is 0.247 e. The minimum absolute atomic E-state index is 0.289. The van der Waals surface area contributed by atoms with Crippen LogP contribution in [0.2, 0.25) is 0 Å². The van der Waals surface area contributed by atoms with Crippen LogP contribution in [0.4, 0.5) is 0 Å². The Bertz CT molecular complexity index is 365. The molecule has 1 fully saturated rings. The number of nitrogens with two attached hydrogens (primary N) is 1. The van der Waals surface area contributed by atoms with Gasteiger partial charge in [-0.15, -0.1) is 0 Å². The standard InChI is InChI=1S/C13H19N3O/c1-3-11(15-13(17)4-2)12(16-14)7-5-6-10-8-9-10/h3-5,7,10,16H,1-2,6,8-9,14H2,(H,15,17)/b7-5-,12-11-. The number of hydrazine groups is 1. The van der Waals surface area contributed by atoms with Crippen molar-refractivity contribution in [3.05, 3.63) is 48.9 Å². The molecule has 0 unspecified atom stereocenters. The molecule has 0 aliphatic heterocycles. The molecule has 0 bridgehead atoms. The summed E-state index contributed by atoms with van der Waals surface area (Å²) in [7, 11) is 0. The Morgan fingerprint density at radius 1 is 1.29 bits per heavy atom. The van der Waals surface area contributed by atoms with Crippen molar-refractivity contribution in [1.29, 1.82) is 0 Å². The van der Waals surface area contributed by atoms with E-state index in [1.807, 2.05) is 6.08 Å². The summed E-state index contributed by atoms with van der Waals surface area (Å²) in [4.78, 5) is 11.2. The molecule has 1 amide bonds. The number of hydrogen-bond donors (Lipinski definition) is 3. The van der Waals surface area contributed by atoms with E-state index in [2.05, 4.69) is 30.0 Å². The van der Waals surface area contributed by atoms with Crippen LogP contribution in [0.3, 0.4) is 0 Å². The molecule has 0 spiro atoms. The average Bonchev–Trinajstić information content (AvgIpc) is 3.16. The number of rotatable bonds is 7. The quantitative estimate of drug-likeness (QED) is 0.270. The number of allylic oxidation sites excluding steroid dienone is 3. The van der Waals surface area contributed by atoms with Gasteiger partial charge in [0.05, 0.1) is 11.4 Å². The molecule has 0 radical (unpaired) electrons. The van der Waals surface area contributed by atoms with Gasteiger partial charge in [0.1, 0.15) is 0 Å². The average molecular weight is 233 g/mol. The molecule has 1 rings (SSSR count). The summed E-state index contributed by atoms with van der Waals surface area (Å²) in [6.45, 7) is 7.02. The highest BCUT2D eigenvalue weighted by atomic mass is 16.1. The molecule has 1 saturated carbocycles. The van der Waals surface area contributed by atoms with E-state index < -0.39 is 0 Å². The zero-order valence-corrected chi connectivity index (χ0v) is 9.91. The topological polar surface area (TPSA) is 67.2 Å². The molecule has 0 saturated heterocycles. The normalized spacial score (nSPS) is 16.3. The maximum atomic E-state index is 11.2. The van der Waals surface area contributed by atoms with Crippen LogP contribution in [0.25, 0.3) is 0 Å². The first-order valence-corrected chi connectivity index (χ1v) is 5.64. The predicted molar refractivity (Wildman–Crippen MR) is 69.4 cm³/mol. The fourth-order valence-corrected chi connectivity index (χ4v) is 1.36. The molecule has 17 heavy (non-hydrogen) atoms. The van der Waals surface area contributed by atoms with Crippen LogP contribution in [0.5, 0.6) is 0 Å². The lowest BCUT2D eigenvalue weighted by Crippen LogP contribution is -2.28. The molecule has 0 aromatic heterocycles. The second kappa shape index (κ2) is 6.70. The first-order chi connectivity index (χ1) is 8.21. The lowest BCUT2D eigenvalue weighted by atomic mass is 10.2. The summed E-state index contributed by atoms with van der Waals surface area (Å²) in [6, 6.07) is 0. The lowest BCUT2D eigenvalue weighted by Gasteiger charge is -2.08. The first kappa shape index (κ1) is 13.3. The Morgan fingerprint density at radius 2 is 2.00 bits per heavy atom. The van der Waals surface area contributed by atoms with Crippen molar-refractivity contribution in [3.8, 4) is 0 Å². The molecule has 0 heterocycles. The van der Waals surface area contributed by atoms with Crippen LogP contribution in [-0.2, 0) is 4.79 Å². The summed E-state index contributed by atoms with van der Waals surface area (Å²) >= 11 is 0. The fraction of sp³-hybridized carbons (Fsp3) is 0.308. The highest BCUT2D eigenvalue weighted by Crippen LogP contribution is 2.32. The van der Waals surface area contributed by atoms with Gasteiger partial charge in [0.25, 0.3) is 0 Å². The maximum absolute atomic E-state index is 11.2. The lowest BCUT2D eigenvalue weighted by molar-refractivity contribution is -0.115. The summed E-state index contributed by atoms with van der Waals surface area (Å²) in [6.07, 6.45) is 10.3. The summed E-state index contributed by atoms with van der Waals surface area (Å²) in [5.41, 5.74) is 3.73. The Morgan fingerprint density at radius 3 is 2.47 bits per heavy atom. The number of carbonyl (C=O) groups is 1. The highest BCUT2D eigenvalue weighted by molar-refractivity contribution is 5.88. The third-order valence-corrected chi connectivity index (χ3v) is 2.54. The molecule has 1 aliphatic carbocycles. The van der Waals surface area contributed by atoms with Crippen LogP contribution in [-0.4, -0.2) is 5.91 Å². The van der Waals surface area contributed by atoms with Crippen molar-refractivity contribution in [2.24, 2.45) is 11.8 Å². The van der Waals surface area contributed by atoms with Gasteiger partial charge in [0.15, 0.2) is 0 Å². The van der Waals surface area contributed by atoms with E-state index in [1.165, 1.54) is 25.0 Å². The van der Waals surface area contributed by atoms with Crippen molar-refractivity contribution >= 4 is 5.91 Å². The minimum atomic E-state index is -0.289. The summed E-state index contributed by atoms with van der Waals surface area (Å²) in [5, 5.41) is 2.63. The van der Waals surface area contributed by atoms with Crippen LogP contribution in [0.1, 0.15) is 19.3 Å². The zero-order chi connectivity index (χ0) is 12.7. The van der Waals surface area contributed by atoms with Crippen LogP contribution in [0.15, 0.2) is 48.9 Å². The summed E-state index contributed by atoms with van der Waals surface area (Å²) < 4.78 is 0. The Hall–Kier alpha value is -1.81. The molecule has 1 aliphatic rings. The fourth-order valence-electron chi connectivity index (χ4n) is 1.36. The molecule has 4 heteroatoms. The number of carbonyl (C=O) groups excluding carboxylic acids is 1. The number of nitrogens with one attached hydrogen (secondary N) is 2. The van der Waals surface area contributed by atoms with Crippen molar-refractivity contribution in [2.45, 2.75) is 19.3 Å². The van der Waals surface area contributed by atoms with Gasteiger partial charge in [0, 0.05) is 0 Å². The van der Waals surface area contributed by atoms with Crippen molar-refractivity contribution in [2.75, 3.05) is 0 Å². The molecule has 4 nitrogen and oxygen atoms in total. The van der Waals surface area contributed by atoms with Gasteiger partial charge < -0.3 is 10.7 Å². The highest BCUT2D eigenvalue weighted by Gasteiger charge is 2.18. The van der Waals surface area contributed by atoms with E-state index in [9.17, 15) is 4.79 Å². The monoisotopic (exact) mass is 233 g/mol. The van der Waals surface area contributed by atoms with Gasteiger partial charge in [-0.3, -0.25) is 10.6 Å². The van der Waals surface area contributed by atoms with Gasteiger partial charge >= 0.3 is 0 Å². The van der Waals surface area contributed by atoms with Gasteiger partial charge in [-0.25, -0.2) is 0 Å². The van der Waals surface area contributed by atoms with E-state index in [1.54, 1.807) is 0 Å². The molecule has 4 N–H and O–H groups in total. The van der Waals surface area contributed by atoms with Crippen molar-refractivity contribution in [3.63, 3.8) is 0 Å². The molecule has 92 valence electrons. The van der Waals surface area contributed by atoms with Crippen LogP contribution >= 0.6 is 0 Å². The first-order valence-electron chi connectivity index (χ1n) is 5.64. The second-order valence-corrected chi connectivity index (χ2v) is 3.95. The Labute approximate surface area is 102 Å². The summed E-state index contributed by atoms with van der Waals surface area (Å²) in [5.74, 6) is 5.95. The van der Waals surface area contributed by atoms with Crippen LogP contribution in [0, 0.1) is 5.92 Å². The molecular weight excluding hydrogens is 214 g/mol. The SMILES string of the molecule is C=CC(=O)N/C(C=C)=C(/C=C\CC1CC1)NN. The van der Waals surface area contributed by atoms with Gasteiger partial charge in [-0.2, -0.15) is 0 Å². The number of amides is 1. The van der Waals surface area contributed by atoms with Crippen molar-refractivity contribution in [1.82, 2.24) is 10.7 Å². The van der Waals surface area contributed by atoms with E-state index in [4.69, 9.17) is 5.84 Å². The van der Waals surface area contributed by atoms with E-state index in [-0.39, 0.29) is 5.91 Å². The van der Waals surface area contributed by atoms with Crippen LogP contribution < -0.4 is 16.6 Å². The third kappa shape index (κ3) is 4.70. The molecule has 0 aromatic rings. The number of hydrogen-bond acceptors (Lipinski definition) is 3. The largest absolute Gasteiger partial charge is 0.322 e. The van der Waals surface area contributed by atoms with E-state index in [0.717, 1.165) is 12.3 Å².